The minimum Gasteiger partial charge on any atom is -0.370 e. The van der Waals surface area contributed by atoms with E-state index in [2.05, 4.69) is 36.3 Å². The third-order valence-electron chi connectivity index (χ3n) is 8.82. The van der Waals surface area contributed by atoms with E-state index in [0.717, 1.165) is 38.1 Å². The normalized spacial score (nSPS) is 41.4. The average Bonchev–Trinajstić information content (AvgIpc) is 2.91. The van der Waals surface area contributed by atoms with Gasteiger partial charge in [0.2, 0.25) is 0 Å². The van der Waals surface area contributed by atoms with Gasteiger partial charge in [-0.2, -0.15) is 0 Å². The van der Waals surface area contributed by atoms with Gasteiger partial charge in [-0.15, -0.1) is 0 Å². The maximum atomic E-state index is 13.5. The Morgan fingerprint density at radius 2 is 2.07 bits per heavy atom. The van der Waals surface area contributed by atoms with Gasteiger partial charge in [-0.05, 0) is 74.2 Å². The number of allylic oxidation sites excluding steroid dienone is 4. The van der Waals surface area contributed by atoms with Crippen LogP contribution in [0, 0.1) is 28.6 Å². The van der Waals surface area contributed by atoms with E-state index in [1.807, 2.05) is 0 Å². The van der Waals surface area contributed by atoms with Crippen molar-refractivity contribution in [1.29, 1.82) is 0 Å². The second-order valence-electron chi connectivity index (χ2n) is 10.0. The van der Waals surface area contributed by atoms with Gasteiger partial charge in [0, 0.05) is 18.0 Å². The van der Waals surface area contributed by atoms with Gasteiger partial charge in [0.1, 0.15) is 0 Å². The quantitative estimate of drug-likeness (QED) is 0.744. The van der Waals surface area contributed by atoms with Crippen LogP contribution in [-0.2, 0) is 4.79 Å². The van der Waals surface area contributed by atoms with Gasteiger partial charge in [0.05, 0.1) is 5.92 Å². The van der Waals surface area contributed by atoms with Crippen molar-refractivity contribution >= 4 is 11.7 Å². The molecular formula is C23H33N3O. The number of guanidine groups is 1. The summed E-state index contributed by atoms with van der Waals surface area (Å²) in [5, 5.41) is 3.30. The lowest BCUT2D eigenvalue weighted by atomic mass is 9.47. The predicted octanol–water partition coefficient (Wildman–Crippen LogP) is 3.73. The molecule has 0 saturated heterocycles. The van der Waals surface area contributed by atoms with Crippen molar-refractivity contribution in [3.05, 3.63) is 23.3 Å². The number of carbonyl (C=O) groups excluding carboxylic acids is 1. The van der Waals surface area contributed by atoms with Crippen LogP contribution in [0.5, 0.6) is 0 Å². The number of hydrogen-bond donors (Lipinski definition) is 2. The number of nitrogens with one attached hydrogen (secondary N) is 1. The SMILES string of the molecule is CC1(C)[C@@H]2CC[C@H]3CC=C[C@H]4C(=O)C(CCC[C@H]5CCN=C(N)N5)=C(C2)[C@@]341. The molecule has 0 amide bonds. The molecule has 0 radical (unpaired) electrons. The third-order valence-corrected chi connectivity index (χ3v) is 8.82. The molecule has 5 rings (SSSR count). The Kier molecular flexibility index (Phi) is 3.86. The molecule has 0 unspecified atom stereocenters. The van der Waals surface area contributed by atoms with E-state index >= 15 is 0 Å². The zero-order valence-corrected chi connectivity index (χ0v) is 16.8. The van der Waals surface area contributed by atoms with Crippen LogP contribution >= 0.6 is 0 Å². The molecule has 4 nitrogen and oxygen atoms in total. The molecule has 1 aliphatic heterocycles. The maximum Gasteiger partial charge on any atom is 0.188 e. The standard InChI is InChI=1S/C23H33N3O/c1-22(2)15-10-9-14-5-3-8-18-20(27)17(19(13-15)23(14,18)22)7-4-6-16-11-12-25-21(24)26-16/h3,8,14-16,18H,4-7,9-13H2,1-2H3,(H3,24,25,26)/t14-,15-,16+,18+,23-/m1/s1. The summed E-state index contributed by atoms with van der Waals surface area (Å²) in [6, 6.07) is 0.414. The maximum absolute atomic E-state index is 13.5. The first kappa shape index (κ1) is 17.5. The summed E-state index contributed by atoms with van der Waals surface area (Å²) in [4.78, 5) is 17.7. The van der Waals surface area contributed by atoms with Crippen LogP contribution in [0.2, 0.25) is 0 Å². The van der Waals surface area contributed by atoms with Crippen molar-refractivity contribution < 1.29 is 4.79 Å². The largest absolute Gasteiger partial charge is 0.370 e. The summed E-state index contributed by atoms with van der Waals surface area (Å²) in [6.07, 6.45) is 13.7. The number of nitrogens with two attached hydrogens (primary N) is 1. The van der Waals surface area contributed by atoms with Gasteiger partial charge in [-0.3, -0.25) is 9.79 Å². The van der Waals surface area contributed by atoms with Gasteiger partial charge in [0.25, 0.3) is 0 Å². The van der Waals surface area contributed by atoms with Gasteiger partial charge < -0.3 is 11.1 Å². The molecular weight excluding hydrogens is 334 g/mol. The van der Waals surface area contributed by atoms with Crippen molar-refractivity contribution in [2.45, 2.75) is 71.3 Å². The van der Waals surface area contributed by atoms with E-state index in [4.69, 9.17) is 5.73 Å². The highest BCUT2D eigenvalue weighted by atomic mass is 16.1. The monoisotopic (exact) mass is 367 g/mol. The van der Waals surface area contributed by atoms with Crippen molar-refractivity contribution in [2.75, 3.05) is 6.54 Å². The fourth-order valence-corrected chi connectivity index (χ4v) is 7.63. The van der Waals surface area contributed by atoms with E-state index in [1.54, 1.807) is 5.57 Å². The van der Waals surface area contributed by atoms with E-state index in [-0.39, 0.29) is 16.7 Å². The van der Waals surface area contributed by atoms with Gasteiger partial charge in [-0.1, -0.05) is 31.6 Å². The highest BCUT2D eigenvalue weighted by Gasteiger charge is 2.70. The van der Waals surface area contributed by atoms with Gasteiger partial charge in [0.15, 0.2) is 11.7 Å². The molecule has 1 heterocycles. The number of aliphatic imine (C=N–C) groups is 1. The van der Waals surface area contributed by atoms with Crippen LogP contribution in [-0.4, -0.2) is 24.3 Å². The van der Waals surface area contributed by atoms with Gasteiger partial charge >= 0.3 is 0 Å². The van der Waals surface area contributed by atoms with Crippen molar-refractivity contribution in [3.8, 4) is 0 Å². The molecule has 2 fully saturated rings. The Morgan fingerprint density at radius 3 is 2.89 bits per heavy atom. The summed E-state index contributed by atoms with van der Waals surface area (Å²) in [5.41, 5.74) is 9.01. The van der Waals surface area contributed by atoms with E-state index in [9.17, 15) is 4.79 Å². The number of fused-ring (bicyclic) bond motifs is 1. The molecule has 2 bridgehead atoms. The Hall–Kier alpha value is -1.58. The van der Waals surface area contributed by atoms with E-state index < -0.39 is 0 Å². The number of carbonyl (C=O) groups is 1. The minimum atomic E-state index is 0.122. The number of Topliss-reactive ketones (excluding diaryl/α,β-unsaturated/α-hetero) is 1. The predicted molar refractivity (Wildman–Crippen MR) is 108 cm³/mol. The van der Waals surface area contributed by atoms with Gasteiger partial charge in [-0.25, -0.2) is 0 Å². The van der Waals surface area contributed by atoms with Crippen LogP contribution in [0.15, 0.2) is 28.3 Å². The zero-order valence-electron chi connectivity index (χ0n) is 16.8. The molecule has 2 saturated carbocycles. The fraction of sp³-hybridized carbons (Fsp3) is 0.739. The van der Waals surface area contributed by atoms with Crippen molar-refractivity contribution in [2.24, 2.45) is 39.3 Å². The first-order chi connectivity index (χ1) is 13.0. The lowest BCUT2D eigenvalue weighted by molar-refractivity contribution is -0.126. The fourth-order valence-electron chi connectivity index (χ4n) is 7.63. The molecule has 5 atom stereocenters. The average molecular weight is 368 g/mol. The smallest absolute Gasteiger partial charge is 0.188 e. The summed E-state index contributed by atoms with van der Waals surface area (Å²) < 4.78 is 0. The van der Waals surface area contributed by atoms with Crippen molar-refractivity contribution in [3.63, 3.8) is 0 Å². The Morgan fingerprint density at radius 1 is 1.26 bits per heavy atom. The van der Waals surface area contributed by atoms with Crippen LogP contribution in [0.25, 0.3) is 0 Å². The Bertz CT molecular complexity index is 762. The van der Waals surface area contributed by atoms with E-state index in [0.29, 0.717) is 23.7 Å². The molecule has 4 heteroatoms. The number of rotatable bonds is 4. The first-order valence-corrected chi connectivity index (χ1v) is 11.0. The molecule has 27 heavy (non-hydrogen) atoms. The summed E-state index contributed by atoms with van der Waals surface area (Å²) in [6.45, 7) is 5.75. The molecule has 0 aromatic rings. The van der Waals surface area contributed by atoms with Crippen LogP contribution < -0.4 is 11.1 Å². The molecule has 5 aliphatic rings. The molecule has 0 aromatic carbocycles. The molecule has 4 aliphatic carbocycles. The van der Waals surface area contributed by atoms with Crippen LogP contribution in [0.1, 0.15) is 65.2 Å². The Balaban J connectivity index is 1.42. The second-order valence-corrected chi connectivity index (χ2v) is 10.0. The molecule has 3 N–H and O–H groups in total. The number of ketones is 1. The zero-order chi connectivity index (χ0) is 18.8. The lowest BCUT2D eigenvalue weighted by Gasteiger charge is -2.55. The molecule has 146 valence electrons. The minimum absolute atomic E-state index is 0.122. The second kappa shape index (κ2) is 5.96. The summed E-state index contributed by atoms with van der Waals surface area (Å²) in [7, 11) is 0. The number of nitrogens with zero attached hydrogens (tertiary/aromatic N) is 1. The van der Waals surface area contributed by atoms with Crippen LogP contribution in [0.3, 0.4) is 0 Å². The lowest BCUT2D eigenvalue weighted by Crippen LogP contribution is -2.51. The first-order valence-electron chi connectivity index (χ1n) is 11.0. The highest BCUT2D eigenvalue weighted by Crippen LogP contribution is 2.75. The highest BCUT2D eigenvalue weighted by molar-refractivity contribution is 6.04. The summed E-state index contributed by atoms with van der Waals surface area (Å²) in [5.74, 6) is 2.59. The summed E-state index contributed by atoms with van der Waals surface area (Å²) >= 11 is 0. The van der Waals surface area contributed by atoms with Crippen LogP contribution in [0.4, 0.5) is 0 Å². The number of hydrogen-bond acceptors (Lipinski definition) is 4. The van der Waals surface area contributed by atoms with Crippen molar-refractivity contribution in [1.82, 2.24) is 5.32 Å². The third kappa shape index (κ3) is 2.22. The topological polar surface area (TPSA) is 67.5 Å². The molecule has 0 aromatic heterocycles. The molecule has 1 spiro atoms. The van der Waals surface area contributed by atoms with E-state index in [1.165, 1.54) is 31.3 Å². The Labute approximate surface area is 162 Å².